The molecule has 0 radical (unpaired) electrons. The Balaban J connectivity index is 1.90. The van der Waals surface area contributed by atoms with Gasteiger partial charge in [-0.05, 0) is 29.9 Å². The first-order valence-corrected chi connectivity index (χ1v) is 8.47. The van der Waals surface area contributed by atoms with Crippen molar-refractivity contribution < 1.29 is 9.90 Å². The Morgan fingerprint density at radius 3 is 2.79 bits per heavy atom. The van der Waals surface area contributed by atoms with E-state index in [-0.39, 0.29) is 0 Å². The molecule has 0 unspecified atom stereocenters. The predicted octanol–water partition coefficient (Wildman–Crippen LogP) is 4.78. The normalized spacial score (nSPS) is 16.2. The number of hydrogen-bond acceptors (Lipinski definition) is 3. The van der Waals surface area contributed by atoms with Crippen LogP contribution < -0.4 is 0 Å². The molecule has 1 saturated carbocycles. The van der Waals surface area contributed by atoms with Crippen molar-refractivity contribution in [1.29, 1.82) is 0 Å². The van der Waals surface area contributed by atoms with Crippen molar-refractivity contribution >= 4 is 39.2 Å². The Kier molecular flexibility index (Phi) is 3.80. The van der Waals surface area contributed by atoms with Crippen LogP contribution in [0.1, 0.15) is 40.9 Å². The Hall–Kier alpha value is -1.00. The number of thioether (sulfide) groups is 1. The van der Waals surface area contributed by atoms with Gasteiger partial charge in [0.25, 0.3) is 0 Å². The molecule has 1 aliphatic rings. The summed E-state index contributed by atoms with van der Waals surface area (Å²) in [6, 6.07) is 8.02. The van der Waals surface area contributed by atoms with E-state index in [1.54, 1.807) is 0 Å². The molecule has 0 atom stereocenters. The summed E-state index contributed by atoms with van der Waals surface area (Å²) in [5.41, 5.74) is 1.02. The highest BCUT2D eigenvalue weighted by atomic mass is 32.2. The lowest BCUT2D eigenvalue weighted by atomic mass is 10.1. The SMILES string of the molecule is O=C(O)c1sc2ccccc2c1CSC1CCCC1. The summed E-state index contributed by atoms with van der Waals surface area (Å²) in [6.07, 6.45) is 5.23. The average molecular weight is 292 g/mol. The molecule has 1 aromatic heterocycles. The number of carboxylic acid groups (broad SMARTS) is 1. The molecule has 1 heterocycles. The van der Waals surface area contributed by atoms with Crippen molar-refractivity contribution in [1.82, 2.24) is 0 Å². The lowest BCUT2D eigenvalue weighted by Crippen LogP contribution is -1.99. The number of hydrogen-bond donors (Lipinski definition) is 1. The second-order valence-corrected chi connectivity index (χ2v) is 7.27. The summed E-state index contributed by atoms with van der Waals surface area (Å²) in [5.74, 6) is 0.0410. The summed E-state index contributed by atoms with van der Waals surface area (Å²) in [4.78, 5) is 11.9. The quantitative estimate of drug-likeness (QED) is 0.881. The summed E-state index contributed by atoms with van der Waals surface area (Å²) in [7, 11) is 0. The van der Waals surface area contributed by atoms with Gasteiger partial charge in [0.2, 0.25) is 0 Å². The van der Waals surface area contributed by atoms with E-state index < -0.39 is 5.97 Å². The number of carboxylic acids is 1. The van der Waals surface area contributed by atoms with Crippen LogP contribution in [-0.4, -0.2) is 16.3 Å². The van der Waals surface area contributed by atoms with Gasteiger partial charge in [-0.25, -0.2) is 4.79 Å². The highest BCUT2D eigenvalue weighted by Crippen LogP contribution is 2.37. The van der Waals surface area contributed by atoms with Gasteiger partial charge in [0.05, 0.1) is 0 Å². The molecule has 0 saturated heterocycles. The standard InChI is InChI=1S/C15H16O2S2/c16-15(17)14-12(9-18-10-5-1-2-6-10)11-7-3-4-8-13(11)19-14/h3-4,7-8,10H,1-2,5-6,9H2,(H,16,17). The molecule has 1 N–H and O–H groups in total. The van der Waals surface area contributed by atoms with E-state index in [0.717, 1.165) is 26.7 Å². The van der Waals surface area contributed by atoms with E-state index in [4.69, 9.17) is 0 Å². The van der Waals surface area contributed by atoms with E-state index in [0.29, 0.717) is 4.88 Å². The van der Waals surface area contributed by atoms with Crippen LogP contribution >= 0.6 is 23.1 Å². The third kappa shape index (κ3) is 2.65. The molecule has 19 heavy (non-hydrogen) atoms. The van der Waals surface area contributed by atoms with Crippen LogP contribution in [0.2, 0.25) is 0 Å². The van der Waals surface area contributed by atoms with E-state index in [9.17, 15) is 9.90 Å². The fraction of sp³-hybridized carbons (Fsp3) is 0.400. The first kappa shape index (κ1) is 13.0. The zero-order chi connectivity index (χ0) is 13.2. The first-order chi connectivity index (χ1) is 9.25. The van der Waals surface area contributed by atoms with Crippen LogP contribution in [0.25, 0.3) is 10.1 Å². The molecular formula is C15H16O2S2. The second kappa shape index (κ2) is 5.55. The van der Waals surface area contributed by atoms with Gasteiger partial charge in [-0.2, -0.15) is 11.8 Å². The predicted molar refractivity (Wildman–Crippen MR) is 82.3 cm³/mol. The van der Waals surface area contributed by atoms with Crippen molar-refractivity contribution in [3.8, 4) is 0 Å². The number of thiophene rings is 1. The Bertz CT molecular complexity index is 597. The van der Waals surface area contributed by atoms with Crippen molar-refractivity contribution in [2.75, 3.05) is 0 Å². The third-order valence-electron chi connectivity index (χ3n) is 3.66. The fourth-order valence-electron chi connectivity index (χ4n) is 2.67. The largest absolute Gasteiger partial charge is 0.477 e. The molecule has 0 spiro atoms. The molecule has 0 aliphatic heterocycles. The highest BCUT2D eigenvalue weighted by molar-refractivity contribution is 7.99. The van der Waals surface area contributed by atoms with E-state index in [1.807, 2.05) is 36.0 Å². The van der Waals surface area contributed by atoms with Gasteiger partial charge in [0, 0.05) is 15.7 Å². The molecule has 100 valence electrons. The van der Waals surface area contributed by atoms with Crippen LogP contribution in [0.5, 0.6) is 0 Å². The summed E-state index contributed by atoms with van der Waals surface area (Å²) in [6.45, 7) is 0. The molecule has 3 rings (SSSR count). The molecular weight excluding hydrogens is 276 g/mol. The monoisotopic (exact) mass is 292 g/mol. The van der Waals surface area contributed by atoms with Crippen LogP contribution in [0.4, 0.5) is 0 Å². The van der Waals surface area contributed by atoms with E-state index in [2.05, 4.69) is 0 Å². The van der Waals surface area contributed by atoms with Gasteiger partial charge in [0.1, 0.15) is 4.88 Å². The number of fused-ring (bicyclic) bond motifs is 1. The molecule has 1 aromatic carbocycles. The maximum atomic E-state index is 11.4. The average Bonchev–Trinajstić information content (AvgIpc) is 3.03. The summed E-state index contributed by atoms with van der Waals surface area (Å²) in [5, 5.41) is 11.2. The van der Waals surface area contributed by atoms with Gasteiger partial charge >= 0.3 is 5.97 Å². The smallest absolute Gasteiger partial charge is 0.346 e. The molecule has 0 amide bonds. The van der Waals surface area contributed by atoms with Gasteiger partial charge in [-0.15, -0.1) is 11.3 Å². The topological polar surface area (TPSA) is 37.3 Å². The Morgan fingerprint density at radius 2 is 2.05 bits per heavy atom. The van der Waals surface area contributed by atoms with Crippen LogP contribution in [0.3, 0.4) is 0 Å². The van der Waals surface area contributed by atoms with Gasteiger partial charge < -0.3 is 5.11 Å². The zero-order valence-electron chi connectivity index (χ0n) is 10.6. The maximum absolute atomic E-state index is 11.4. The Morgan fingerprint density at radius 1 is 1.32 bits per heavy atom. The maximum Gasteiger partial charge on any atom is 0.346 e. The van der Waals surface area contributed by atoms with Crippen LogP contribution in [0.15, 0.2) is 24.3 Å². The highest BCUT2D eigenvalue weighted by Gasteiger charge is 2.20. The summed E-state index contributed by atoms with van der Waals surface area (Å²) >= 11 is 3.33. The molecule has 1 fully saturated rings. The van der Waals surface area contributed by atoms with Gasteiger partial charge in [-0.3, -0.25) is 0 Å². The Labute approximate surface area is 120 Å². The fourth-order valence-corrected chi connectivity index (χ4v) is 5.19. The third-order valence-corrected chi connectivity index (χ3v) is 6.26. The van der Waals surface area contributed by atoms with E-state index in [1.165, 1.54) is 37.0 Å². The van der Waals surface area contributed by atoms with Gasteiger partial charge in [-0.1, -0.05) is 31.0 Å². The second-order valence-electron chi connectivity index (χ2n) is 4.93. The lowest BCUT2D eigenvalue weighted by Gasteiger charge is -2.08. The minimum atomic E-state index is -0.789. The van der Waals surface area contributed by atoms with Crippen molar-refractivity contribution in [2.45, 2.75) is 36.7 Å². The van der Waals surface area contributed by atoms with Crippen molar-refractivity contribution in [3.63, 3.8) is 0 Å². The number of carbonyl (C=O) groups is 1. The molecule has 2 nitrogen and oxygen atoms in total. The van der Waals surface area contributed by atoms with Gasteiger partial charge in [0.15, 0.2) is 0 Å². The van der Waals surface area contributed by atoms with Crippen molar-refractivity contribution in [2.24, 2.45) is 0 Å². The molecule has 2 aromatic rings. The number of aromatic carboxylic acids is 1. The van der Waals surface area contributed by atoms with Crippen molar-refractivity contribution in [3.05, 3.63) is 34.7 Å². The van der Waals surface area contributed by atoms with Crippen LogP contribution in [-0.2, 0) is 5.75 Å². The van der Waals surface area contributed by atoms with E-state index >= 15 is 0 Å². The summed E-state index contributed by atoms with van der Waals surface area (Å²) < 4.78 is 1.09. The number of rotatable bonds is 4. The first-order valence-electron chi connectivity index (χ1n) is 6.61. The molecule has 0 bridgehead atoms. The van der Waals surface area contributed by atoms with Crippen LogP contribution in [0, 0.1) is 0 Å². The zero-order valence-corrected chi connectivity index (χ0v) is 12.2. The molecule has 1 aliphatic carbocycles. The minimum Gasteiger partial charge on any atom is -0.477 e. The molecule has 4 heteroatoms. The minimum absolute atomic E-state index is 0.520. The lowest BCUT2D eigenvalue weighted by molar-refractivity contribution is 0.0701. The number of benzene rings is 1.